The highest BCUT2D eigenvalue weighted by Crippen LogP contribution is 2.76. The van der Waals surface area contributed by atoms with Gasteiger partial charge in [0.25, 0.3) is 0 Å². The molecule has 1 aliphatic heterocycles. The summed E-state index contributed by atoms with van der Waals surface area (Å²) in [6.07, 6.45) is 12.3. The Labute approximate surface area is 227 Å². The lowest BCUT2D eigenvalue weighted by Crippen LogP contribution is -2.64. The quantitative estimate of drug-likeness (QED) is 0.355. The summed E-state index contributed by atoms with van der Waals surface area (Å²) in [5.41, 5.74) is 1.03. The fourth-order valence-corrected chi connectivity index (χ4v) is 11.7. The summed E-state index contributed by atoms with van der Waals surface area (Å²) < 4.78 is 18.7. The van der Waals surface area contributed by atoms with Crippen LogP contribution in [-0.4, -0.2) is 31.1 Å². The van der Waals surface area contributed by atoms with Crippen LogP contribution in [0, 0.1) is 50.7 Å². The van der Waals surface area contributed by atoms with E-state index in [2.05, 4.69) is 55.4 Å². The highest BCUT2D eigenvalue weighted by Gasteiger charge is 2.70. The molecule has 212 valence electrons. The molecule has 10 unspecified atom stereocenters. The number of ether oxygens (including phenoxy) is 3. The van der Waals surface area contributed by atoms with Gasteiger partial charge in [-0.1, -0.05) is 48.5 Å². The van der Waals surface area contributed by atoms with Crippen molar-refractivity contribution < 1.29 is 19.0 Å². The normalized spacial score (nSPS) is 52.5. The molecule has 4 aliphatic carbocycles. The number of hydrogen-bond acceptors (Lipinski definition) is 4. The summed E-state index contributed by atoms with van der Waals surface area (Å²) >= 11 is 0. The first-order chi connectivity index (χ1) is 17.1. The van der Waals surface area contributed by atoms with Gasteiger partial charge in [-0.15, -0.1) is 0 Å². The fourth-order valence-electron chi connectivity index (χ4n) is 11.7. The molecular formula is C33H56O4. The summed E-state index contributed by atoms with van der Waals surface area (Å²) in [5.74, 6) is 2.57. The predicted octanol–water partition coefficient (Wildman–Crippen LogP) is 8.17. The summed E-state index contributed by atoms with van der Waals surface area (Å²) in [5, 5.41) is 0. The van der Waals surface area contributed by atoms with Crippen molar-refractivity contribution >= 4 is 5.97 Å². The van der Waals surface area contributed by atoms with E-state index >= 15 is 0 Å². The number of carbonyl (C=O) groups excluding carboxylic acids is 1. The fraction of sp³-hybridized carbons (Fsp3) is 0.970. The van der Waals surface area contributed by atoms with Crippen molar-refractivity contribution in [3.8, 4) is 0 Å². The van der Waals surface area contributed by atoms with Crippen LogP contribution in [0.3, 0.4) is 0 Å². The van der Waals surface area contributed by atoms with Crippen LogP contribution < -0.4 is 0 Å². The van der Waals surface area contributed by atoms with E-state index in [1.54, 1.807) is 6.92 Å². The first kappa shape index (κ1) is 27.9. The molecule has 37 heavy (non-hydrogen) atoms. The van der Waals surface area contributed by atoms with Gasteiger partial charge in [0.2, 0.25) is 0 Å². The van der Waals surface area contributed by atoms with Crippen LogP contribution in [0.5, 0.6) is 0 Å². The molecule has 5 rings (SSSR count). The van der Waals surface area contributed by atoms with E-state index in [4.69, 9.17) is 14.2 Å². The molecule has 0 radical (unpaired) electrons. The Morgan fingerprint density at radius 3 is 2.05 bits per heavy atom. The predicted molar refractivity (Wildman–Crippen MR) is 148 cm³/mol. The van der Waals surface area contributed by atoms with Crippen molar-refractivity contribution in [1.29, 1.82) is 0 Å². The maximum absolute atomic E-state index is 11.9. The molecule has 0 N–H and O–H groups in total. The Kier molecular flexibility index (Phi) is 6.56. The van der Waals surface area contributed by atoms with E-state index in [9.17, 15) is 4.79 Å². The third kappa shape index (κ3) is 3.84. The zero-order valence-corrected chi connectivity index (χ0v) is 25.7. The third-order valence-electron chi connectivity index (χ3n) is 13.9. The second-order valence-corrected chi connectivity index (χ2v) is 16.3. The van der Waals surface area contributed by atoms with Gasteiger partial charge in [0.15, 0.2) is 6.29 Å². The zero-order chi connectivity index (χ0) is 27.2. The molecule has 5 fully saturated rings. The number of fused-ring (bicyclic) bond motifs is 5. The molecule has 0 bridgehead atoms. The smallest absolute Gasteiger partial charge is 0.302 e. The number of rotatable bonds is 3. The van der Waals surface area contributed by atoms with E-state index in [1.807, 2.05) is 7.11 Å². The van der Waals surface area contributed by atoms with Gasteiger partial charge < -0.3 is 14.2 Å². The first-order valence-corrected chi connectivity index (χ1v) is 15.4. The lowest BCUT2D eigenvalue weighted by atomic mass is 9.35. The van der Waals surface area contributed by atoms with Crippen LogP contribution in [0.15, 0.2) is 0 Å². The number of methoxy groups -OCH3 is 1. The summed E-state index contributed by atoms with van der Waals surface area (Å²) in [4.78, 5) is 11.9. The van der Waals surface area contributed by atoms with E-state index in [1.165, 1.54) is 51.4 Å². The van der Waals surface area contributed by atoms with Gasteiger partial charge in [-0.25, -0.2) is 0 Å². The highest BCUT2D eigenvalue weighted by atomic mass is 16.7. The van der Waals surface area contributed by atoms with Crippen molar-refractivity contribution in [1.82, 2.24) is 0 Å². The molecule has 0 amide bonds. The SMILES string of the molecule is COC1OC(C)(C2CCC3(C)C2CCC2C4(C)CCC(OC(C)=O)C(C)(C)C4CCC23C)CCC1(C)C. The van der Waals surface area contributed by atoms with Gasteiger partial charge in [0, 0.05) is 24.9 Å². The molecular weight excluding hydrogens is 460 g/mol. The van der Waals surface area contributed by atoms with Crippen LogP contribution in [0.2, 0.25) is 0 Å². The molecule has 0 aromatic rings. The monoisotopic (exact) mass is 516 g/mol. The molecule has 4 heteroatoms. The number of carbonyl (C=O) groups is 1. The Morgan fingerprint density at radius 2 is 1.41 bits per heavy atom. The van der Waals surface area contributed by atoms with Crippen molar-refractivity contribution in [3.63, 3.8) is 0 Å². The summed E-state index contributed by atoms with van der Waals surface area (Å²) in [6, 6.07) is 0. The standard InChI is InChI=1S/C33H56O4/c1-21(34)36-26-15-16-30(6)24(29(26,4)5)14-18-32(8)25(30)12-11-22-23(13-17-31(22,32)7)33(9)20-19-28(2,3)27(35-10)37-33/h22-27H,11-20H2,1-10H3. The van der Waals surface area contributed by atoms with E-state index in [0.29, 0.717) is 28.1 Å². The van der Waals surface area contributed by atoms with Crippen LogP contribution >= 0.6 is 0 Å². The maximum Gasteiger partial charge on any atom is 0.302 e. The van der Waals surface area contributed by atoms with Crippen LogP contribution in [-0.2, 0) is 19.0 Å². The minimum absolute atomic E-state index is 0.0291. The molecule has 4 nitrogen and oxygen atoms in total. The second kappa shape index (κ2) is 8.69. The van der Waals surface area contributed by atoms with Crippen LogP contribution in [0.1, 0.15) is 127 Å². The van der Waals surface area contributed by atoms with Crippen molar-refractivity contribution in [3.05, 3.63) is 0 Å². The van der Waals surface area contributed by atoms with Gasteiger partial charge in [-0.05, 0) is 111 Å². The zero-order valence-electron chi connectivity index (χ0n) is 25.7. The van der Waals surface area contributed by atoms with E-state index < -0.39 is 0 Å². The topological polar surface area (TPSA) is 44.8 Å². The Bertz CT molecular complexity index is 910. The van der Waals surface area contributed by atoms with Gasteiger partial charge in [-0.2, -0.15) is 0 Å². The molecule has 5 aliphatic rings. The van der Waals surface area contributed by atoms with Crippen LogP contribution in [0.4, 0.5) is 0 Å². The molecule has 1 saturated heterocycles. The largest absolute Gasteiger partial charge is 0.462 e. The second-order valence-electron chi connectivity index (χ2n) is 16.3. The summed E-state index contributed by atoms with van der Waals surface area (Å²) in [7, 11) is 1.82. The Balaban J connectivity index is 1.42. The first-order valence-electron chi connectivity index (χ1n) is 15.4. The molecule has 1 heterocycles. The summed E-state index contributed by atoms with van der Waals surface area (Å²) in [6.45, 7) is 21.3. The molecule has 0 aromatic heterocycles. The van der Waals surface area contributed by atoms with E-state index in [-0.39, 0.29) is 34.8 Å². The molecule has 10 atom stereocenters. The Hall–Kier alpha value is -0.610. The van der Waals surface area contributed by atoms with Crippen molar-refractivity contribution in [2.75, 3.05) is 7.11 Å². The number of hydrogen-bond donors (Lipinski definition) is 0. The van der Waals surface area contributed by atoms with Crippen molar-refractivity contribution in [2.24, 2.45) is 50.7 Å². The molecule has 4 saturated carbocycles. The average Bonchev–Trinajstić information content (AvgIpc) is 3.16. The third-order valence-corrected chi connectivity index (χ3v) is 13.9. The van der Waals surface area contributed by atoms with Gasteiger partial charge >= 0.3 is 5.97 Å². The molecule has 0 spiro atoms. The van der Waals surface area contributed by atoms with Gasteiger partial charge in [0.05, 0.1) is 5.60 Å². The van der Waals surface area contributed by atoms with Gasteiger partial charge in [-0.3, -0.25) is 4.79 Å². The Morgan fingerprint density at radius 1 is 0.730 bits per heavy atom. The maximum atomic E-state index is 11.9. The minimum Gasteiger partial charge on any atom is -0.462 e. The average molecular weight is 517 g/mol. The van der Waals surface area contributed by atoms with Crippen LogP contribution in [0.25, 0.3) is 0 Å². The van der Waals surface area contributed by atoms with E-state index in [0.717, 1.165) is 24.7 Å². The van der Waals surface area contributed by atoms with Gasteiger partial charge in [0.1, 0.15) is 6.10 Å². The minimum atomic E-state index is -0.120. The lowest BCUT2D eigenvalue weighted by Gasteiger charge is -2.70. The number of esters is 1. The molecule has 0 aromatic carbocycles. The lowest BCUT2D eigenvalue weighted by molar-refractivity contribution is -0.292. The highest BCUT2D eigenvalue weighted by molar-refractivity contribution is 5.66. The van der Waals surface area contributed by atoms with Crippen molar-refractivity contribution in [2.45, 2.75) is 145 Å².